The third kappa shape index (κ3) is 4.84. The highest BCUT2D eigenvalue weighted by Crippen LogP contribution is 2.22. The van der Waals surface area contributed by atoms with Gasteiger partial charge in [0.15, 0.2) is 0 Å². The van der Waals surface area contributed by atoms with Gasteiger partial charge < -0.3 is 10.1 Å². The molecule has 3 aromatic rings. The zero-order chi connectivity index (χ0) is 15.4. The number of halogens is 3. The van der Waals surface area contributed by atoms with E-state index in [1.807, 2.05) is 24.3 Å². The summed E-state index contributed by atoms with van der Waals surface area (Å²) in [4.78, 5) is 0. The van der Waals surface area contributed by atoms with E-state index in [2.05, 4.69) is 15.5 Å². The zero-order valence-electron chi connectivity index (χ0n) is 13.2. The Morgan fingerprint density at radius 2 is 2.00 bits per heavy atom. The smallest absolute Gasteiger partial charge is 0.123 e. The third-order valence-electron chi connectivity index (χ3n) is 3.61. The van der Waals surface area contributed by atoms with E-state index in [0.29, 0.717) is 6.54 Å². The molecule has 0 spiro atoms. The van der Waals surface area contributed by atoms with Crippen LogP contribution in [0.4, 0.5) is 4.39 Å². The van der Waals surface area contributed by atoms with Crippen molar-refractivity contribution in [1.82, 2.24) is 15.5 Å². The van der Waals surface area contributed by atoms with Crippen molar-refractivity contribution in [3.8, 4) is 5.75 Å². The summed E-state index contributed by atoms with van der Waals surface area (Å²) in [6.45, 7) is 1.41. The molecule has 0 aliphatic heterocycles. The minimum absolute atomic E-state index is 0. The van der Waals surface area contributed by atoms with Crippen LogP contribution < -0.4 is 10.1 Å². The molecular formula is C17H20Cl2FN3O. The normalized spacial score (nSPS) is 10.1. The molecule has 1 heterocycles. The molecule has 0 bridgehead atoms. The summed E-state index contributed by atoms with van der Waals surface area (Å²) in [6, 6.07) is 12.5. The predicted molar refractivity (Wildman–Crippen MR) is 99.0 cm³/mol. The maximum Gasteiger partial charge on any atom is 0.123 e. The SMILES string of the molecule is COc1ccc2[nH]nc(CCNCc3cccc(F)c3)c2c1.Cl.Cl. The first kappa shape index (κ1) is 20.2. The first-order chi connectivity index (χ1) is 10.8. The number of hydrogen-bond acceptors (Lipinski definition) is 3. The largest absolute Gasteiger partial charge is 0.497 e. The fourth-order valence-corrected chi connectivity index (χ4v) is 2.45. The molecule has 0 radical (unpaired) electrons. The van der Waals surface area contributed by atoms with Gasteiger partial charge in [-0.15, -0.1) is 24.8 Å². The van der Waals surface area contributed by atoms with Gasteiger partial charge in [-0.2, -0.15) is 5.10 Å². The molecule has 130 valence electrons. The Hall–Kier alpha value is -1.82. The van der Waals surface area contributed by atoms with Gasteiger partial charge in [0.25, 0.3) is 0 Å². The Balaban J connectivity index is 0.00000144. The van der Waals surface area contributed by atoms with Gasteiger partial charge in [-0.3, -0.25) is 5.10 Å². The van der Waals surface area contributed by atoms with Crippen LogP contribution in [-0.2, 0) is 13.0 Å². The monoisotopic (exact) mass is 371 g/mol. The molecule has 0 fully saturated rings. The summed E-state index contributed by atoms with van der Waals surface area (Å²) in [5, 5.41) is 11.8. The molecule has 2 N–H and O–H groups in total. The number of aromatic amines is 1. The number of hydrogen-bond donors (Lipinski definition) is 2. The molecule has 1 aromatic heterocycles. The Bertz CT molecular complexity index is 779. The van der Waals surface area contributed by atoms with Crippen LogP contribution in [0.25, 0.3) is 10.9 Å². The first-order valence-corrected chi connectivity index (χ1v) is 7.22. The molecule has 0 aliphatic rings. The van der Waals surface area contributed by atoms with Crippen molar-refractivity contribution in [1.29, 1.82) is 0 Å². The summed E-state index contributed by atoms with van der Waals surface area (Å²) in [5.41, 5.74) is 2.94. The van der Waals surface area contributed by atoms with E-state index >= 15 is 0 Å². The second-order valence-electron chi connectivity index (χ2n) is 5.14. The number of ether oxygens (including phenoxy) is 1. The highest BCUT2D eigenvalue weighted by molar-refractivity contribution is 5.85. The Morgan fingerprint density at radius 3 is 2.75 bits per heavy atom. The van der Waals surface area contributed by atoms with Crippen LogP contribution in [0, 0.1) is 5.82 Å². The topological polar surface area (TPSA) is 49.9 Å². The van der Waals surface area contributed by atoms with Crippen molar-refractivity contribution in [2.24, 2.45) is 0 Å². The standard InChI is InChI=1S/C17H18FN3O.2ClH/c1-22-14-5-6-16-15(10-14)17(21-20-16)7-8-19-11-12-3-2-4-13(18)9-12;;/h2-6,9-10,19H,7-8,11H2,1H3,(H,20,21);2*1H. The summed E-state index contributed by atoms with van der Waals surface area (Å²) >= 11 is 0. The van der Waals surface area contributed by atoms with E-state index in [0.717, 1.165) is 40.9 Å². The zero-order valence-corrected chi connectivity index (χ0v) is 14.8. The molecule has 0 aliphatic carbocycles. The number of aromatic nitrogens is 2. The summed E-state index contributed by atoms with van der Waals surface area (Å²) in [6.07, 6.45) is 0.794. The maximum atomic E-state index is 13.1. The highest BCUT2D eigenvalue weighted by Gasteiger charge is 2.06. The van der Waals surface area contributed by atoms with E-state index in [9.17, 15) is 4.39 Å². The lowest BCUT2D eigenvalue weighted by atomic mass is 10.1. The van der Waals surface area contributed by atoms with E-state index in [1.165, 1.54) is 6.07 Å². The van der Waals surface area contributed by atoms with Gasteiger partial charge in [0, 0.05) is 24.9 Å². The van der Waals surface area contributed by atoms with Crippen LogP contribution in [0.2, 0.25) is 0 Å². The van der Waals surface area contributed by atoms with Crippen molar-refractivity contribution >= 4 is 35.7 Å². The van der Waals surface area contributed by atoms with Crippen molar-refractivity contribution < 1.29 is 9.13 Å². The van der Waals surface area contributed by atoms with Crippen LogP contribution >= 0.6 is 24.8 Å². The molecular weight excluding hydrogens is 352 g/mol. The first-order valence-electron chi connectivity index (χ1n) is 7.22. The highest BCUT2D eigenvalue weighted by atomic mass is 35.5. The number of fused-ring (bicyclic) bond motifs is 1. The average molecular weight is 372 g/mol. The quantitative estimate of drug-likeness (QED) is 0.646. The van der Waals surface area contributed by atoms with E-state index in [-0.39, 0.29) is 30.6 Å². The second kappa shape index (κ2) is 9.47. The van der Waals surface area contributed by atoms with E-state index in [4.69, 9.17) is 4.74 Å². The maximum absolute atomic E-state index is 13.1. The second-order valence-corrected chi connectivity index (χ2v) is 5.14. The van der Waals surface area contributed by atoms with Gasteiger partial charge in [-0.1, -0.05) is 12.1 Å². The van der Waals surface area contributed by atoms with Gasteiger partial charge in [0.2, 0.25) is 0 Å². The predicted octanol–water partition coefficient (Wildman–Crippen LogP) is 3.89. The van der Waals surface area contributed by atoms with Crippen molar-refractivity contribution in [2.45, 2.75) is 13.0 Å². The van der Waals surface area contributed by atoms with Crippen LogP contribution in [0.15, 0.2) is 42.5 Å². The fourth-order valence-electron chi connectivity index (χ4n) is 2.45. The molecule has 2 aromatic carbocycles. The number of methoxy groups -OCH3 is 1. The van der Waals surface area contributed by atoms with Crippen molar-refractivity contribution in [3.05, 3.63) is 59.5 Å². The van der Waals surface area contributed by atoms with Gasteiger partial charge in [-0.05, 0) is 35.9 Å². The number of benzene rings is 2. The minimum atomic E-state index is -0.204. The minimum Gasteiger partial charge on any atom is -0.497 e. The van der Waals surface area contributed by atoms with Crippen LogP contribution in [0.1, 0.15) is 11.3 Å². The third-order valence-corrected chi connectivity index (χ3v) is 3.61. The van der Waals surface area contributed by atoms with E-state index in [1.54, 1.807) is 19.2 Å². The average Bonchev–Trinajstić information content (AvgIpc) is 2.94. The summed E-state index contributed by atoms with van der Waals surface area (Å²) in [7, 11) is 1.65. The van der Waals surface area contributed by atoms with Gasteiger partial charge >= 0.3 is 0 Å². The van der Waals surface area contributed by atoms with Crippen LogP contribution in [-0.4, -0.2) is 23.9 Å². The molecule has 7 heteroatoms. The number of H-pyrrole nitrogens is 1. The Kier molecular flexibility index (Phi) is 7.98. The lowest BCUT2D eigenvalue weighted by molar-refractivity contribution is 0.415. The molecule has 0 unspecified atom stereocenters. The lowest BCUT2D eigenvalue weighted by Crippen LogP contribution is -2.17. The number of rotatable bonds is 6. The molecule has 4 nitrogen and oxygen atoms in total. The lowest BCUT2D eigenvalue weighted by Gasteiger charge is -2.04. The van der Waals surface area contributed by atoms with Crippen LogP contribution in [0.3, 0.4) is 0 Å². The number of nitrogens with one attached hydrogen (secondary N) is 2. The Labute approximate surface area is 152 Å². The molecule has 3 rings (SSSR count). The van der Waals surface area contributed by atoms with E-state index < -0.39 is 0 Å². The molecule has 24 heavy (non-hydrogen) atoms. The number of nitrogens with zero attached hydrogens (tertiary/aromatic N) is 1. The van der Waals surface area contributed by atoms with Gasteiger partial charge in [0.05, 0.1) is 18.3 Å². The van der Waals surface area contributed by atoms with Crippen LogP contribution in [0.5, 0.6) is 5.75 Å². The van der Waals surface area contributed by atoms with Crippen molar-refractivity contribution in [3.63, 3.8) is 0 Å². The molecule has 0 atom stereocenters. The Morgan fingerprint density at radius 1 is 1.17 bits per heavy atom. The fraction of sp³-hybridized carbons (Fsp3) is 0.235. The van der Waals surface area contributed by atoms with Gasteiger partial charge in [0.1, 0.15) is 11.6 Å². The molecule has 0 amide bonds. The van der Waals surface area contributed by atoms with Gasteiger partial charge in [-0.25, -0.2) is 4.39 Å². The molecule has 0 saturated heterocycles. The molecule has 0 saturated carbocycles. The summed E-state index contributed by atoms with van der Waals surface area (Å²) in [5.74, 6) is 0.618. The van der Waals surface area contributed by atoms with Crippen molar-refractivity contribution in [2.75, 3.05) is 13.7 Å². The summed E-state index contributed by atoms with van der Waals surface area (Å²) < 4.78 is 18.3.